The Hall–Kier alpha value is -3.54. The van der Waals surface area contributed by atoms with E-state index in [0.717, 1.165) is 16.6 Å². The number of benzene rings is 1. The van der Waals surface area contributed by atoms with Crippen LogP contribution in [0.25, 0.3) is 22.3 Å². The lowest BCUT2D eigenvalue weighted by molar-refractivity contribution is 0.102. The Labute approximate surface area is 156 Å². The summed E-state index contributed by atoms with van der Waals surface area (Å²) >= 11 is 0. The first-order chi connectivity index (χ1) is 13.1. The number of pyridine rings is 2. The second kappa shape index (κ2) is 6.99. The first-order valence-corrected chi connectivity index (χ1v) is 8.79. The van der Waals surface area contributed by atoms with Crippen LogP contribution < -0.4 is 5.32 Å². The van der Waals surface area contributed by atoms with Crippen LogP contribution in [0.1, 0.15) is 30.2 Å². The van der Waals surface area contributed by atoms with E-state index in [1.165, 1.54) is 0 Å². The topological polar surface area (TPSA) is 72.7 Å². The van der Waals surface area contributed by atoms with Crippen LogP contribution in [0.2, 0.25) is 0 Å². The zero-order valence-electron chi connectivity index (χ0n) is 15.1. The van der Waals surface area contributed by atoms with Crippen molar-refractivity contribution in [2.24, 2.45) is 0 Å². The number of amides is 1. The van der Waals surface area contributed by atoms with Crippen LogP contribution in [0.3, 0.4) is 0 Å². The molecule has 1 amide bonds. The molecule has 1 N–H and O–H groups in total. The molecule has 0 saturated heterocycles. The first kappa shape index (κ1) is 16.9. The quantitative estimate of drug-likeness (QED) is 0.590. The maximum absolute atomic E-state index is 13.0. The van der Waals surface area contributed by atoms with Gasteiger partial charge in [0.25, 0.3) is 5.91 Å². The average molecular weight is 357 g/mol. The lowest BCUT2D eigenvalue weighted by Gasteiger charge is -2.11. The van der Waals surface area contributed by atoms with E-state index in [1.807, 2.05) is 61.0 Å². The molecular weight excluding hydrogens is 338 g/mol. The fourth-order valence-electron chi connectivity index (χ4n) is 2.96. The Morgan fingerprint density at radius 3 is 2.56 bits per heavy atom. The van der Waals surface area contributed by atoms with Crippen molar-refractivity contribution in [3.05, 3.63) is 72.6 Å². The van der Waals surface area contributed by atoms with Crippen molar-refractivity contribution >= 4 is 22.8 Å². The molecule has 0 aliphatic rings. The Morgan fingerprint density at radius 1 is 1.07 bits per heavy atom. The van der Waals surface area contributed by atoms with Crippen molar-refractivity contribution in [2.45, 2.75) is 19.9 Å². The molecule has 134 valence electrons. The molecule has 4 aromatic rings. The van der Waals surface area contributed by atoms with Gasteiger partial charge in [0.1, 0.15) is 5.82 Å². The van der Waals surface area contributed by atoms with Gasteiger partial charge in [0.05, 0.1) is 22.8 Å². The average Bonchev–Trinajstić information content (AvgIpc) is 3.13. The van der Waals surface area contributed by atoms with Crippen molar-refractivity contribution in [2.75, 3.05) is 5.32 Å². The Balaban J connectivity index is 1.86. The van der Waals surface area contributed by atoms with E-state index >= 15 is 0 Å². The summed E-state index contributed by atoms with van der Waals surface area (Å²) in [5, 5.41) is 8.01. The highest BCUT2D eigenvalue weighted by molar-refractivity contribution is 6.12. The van der Waals surface area contributed by atoms with E-state index in [-0.39, 0.29) is 11.9 Å². The monoisotopic (exact) mass is 357 g/mol. The Bertz CT molecular complexity index is 1090. The highest BCUT2D eigenvalue weighted by Crippen LogP contribution is 2.26. The van der Waals surface area contributed by atoms with E-state index in [2.05, 4.69) is 15.4 Å². The smallest absolute Gasteiger partial charge is 0.257 e. The molecule has 0 aliphatic heterocycles. The molecule has 0 radical (unpaired) electrons. The van der Waals surface area contributed by atoms with E-state index < -0.39 is 0 Å². The van der Waals surface area contributed by atoms with Crippen molar-refractivity contribution < 1.29 is 4.79 Å². The van der Waals surface area contributed by atoms with Crippen LogP contribution >= 0.6 is 0 Å². The highest BCUT2D eigenvalue weighted by Gasteiger charge is 2.18. The van der Waals surface area contributed by atoms with Gasteiger partial charge < -0.3 is 5.32 Å². The van der Waals surface area contributed by atoms with E-state index in [1.54, 1.807) is 24.5 Å². The second-order valence-electron chi connectivity index (χ2n) is 6.51. The summed E-state index contributed by atoms with van der Waals surface area (Å²) in [7, 11) is 0. The summed E-state index contributed by atoms with van der Waals surface area (Å²) < 4.78 is 1.83. The zero-order chi connectivity index (χ0) is 18.8. The summed E-state index contributed by atoms with van der Waals surface area (Å²) in [6.45, 7) is 4.08. The maximum atomic E-state index is 13.0. The summed E-state index contributed by atoms with van der Waals surface area (Å²) in [6.07, 6.45) is 3.34. The number of carbonyl (C=O) groups is 1. The molecular formula is C21H19N5O. The number of carbonyl (C=O) groups excluding carboxylic acids is 1. The third-order valence-corrected chi connectivity index (χ3v) is 4.28. The zero-order valence-corrected chi connectivity index (χ0v) is 15.1. The lowest BCUT2D eigenvalue weighted by atomic mass is 10.1. The Morgan fingerprint density at radius 2 is 1.85 bits per heavy atom. The van der Waals surface area contributed by atoms with Crippen LogP contribution in [-0.2, 0) is 0 Å². The lowest BCUT2D eigenvalue weighted by Crippen LogP contribution is -2.14. The highest BCUT2D eigenvalue weighted by atomic mass is 16.1. The molecule has 0 bridgehead atoms. The molecule has 3 aromatic heterocycles. The normalized spacial score (nSPS) is 11.1. The summed E-state index contributed by atoms with van der Waals surface area (Å²) in [4.78, 5) is 21.9. The van der Waals surface area contributed by atoms with E-state index in [4.69, 9.17) is 4.98 Å². The van der Waals surface area contributed by atoms with Gasteiger partial charge in [-0.15, -0.1) is 0 Å². The van der Waals surface area contributed by atoms with Crippen LogP contribution in [0.4, 0.5) is 5.82 Å². The molecule has 0 saturated carbocycles. The van der Waals surface area contributed by atoms with Crippen LogP contribution in [0, 0.1) is 0 Å². The molecule has 0 unspecified atom stereocenters. The number of hydrogen-bond donors (Lipinski definition) is 1. The summed E-state index contributed by atoms with van der Waals surface area (Å²) in [6, 6.07) is 17.1. The van der Waals surface area contributed by atoms with Crippen molar-refractivity contribution in [3.8, 4) is 11.3 Å². The van der Waals surface area contributed by atoms with Gasteiger partial charge in [0, 0.05) is 17.8 Å². The summed E-state index contributed by atoms with van der Waals surface area (Å²) in [5.41, 5.74) is 2.90. The molecule has 0 atom stereocenters. The third kappa shape index (κ3) is 3.29. The molecule has 1 aromatic carbocycles. The minimum absolute atomic E-state index is 0.132. The van der Waals surface area contributed by atoms with Gasteiger partial charge in [-0.1, -0.05) is 36.4 Å². The number of fused-ring (bicyclic) bond motifs is 1. The van der Waals surface area contributed by atoms with E-state index in [0.29, 0.717) is 17.0 Å². The van der Waals surface area contributed by atoms with Crippen LogP contribution in [0.5, 0.6) is 0 Å². The molecule has 0 aliphatic carbocycles. The number of nitrogens with one attached hydrogen (secondary N) is 1. The number of rotatable bonds is 4. The minimum Gasteiger partial charge on any atom is -0.307 e. The predicted octanol–water partition coefficient (Wildman–Crippen LogP) is 4.33. The van der Waals surface area contributed by atoms with Crippen LogP contribution in [0.15, 0.2) is 67.0 Å². The van der Waals surface area contributed by atoms with Gasteiger partial charge >= 0.3 is 0 Å². The van der Waals surface area contributed by atoms with Gasteiger partial charge in [-0.05, 0) is 32.0 Å². The predicted molar refractivity (Wildman–Crippen MR) is 106 cm³/mol. The first-order valence-electron chi connectivity index (χ1n) is 8.79. The van der Waals surface area contributed by atoms with Crippen molar-refractivity contribution in [1.29, 1.82) is 0 Å². The SMILES string of the molecule is CC(C)n1ncc2c(C(=O)Nc3ccccn3)cc(-c3ccccc3)nc21. The minimum atomic E-state index is -0.235. The van der Waals surface area contributed by atoms with Gasteiger partial charge in [0.2, 0.25) is 0 Å². The molecule has 4 rings (SSSR count). The third-order valence-electron chi connectivity index (χ3n) is 4.28. The molecule has 6 nitrogen and oxygen atoms in total. The van der Waals surface area contributed by atoms with Gasteiger partial charge in [-0.2, -0.15) is 5.10 Å². The molecule has 6 heteroatoms. The van der Waals surface area contributed by atoms with Gasteiger partial charge in [-0.3, -0.25) is 4.79 Å². The second-order valence-corrected chi connectivity index (χ2v) is 6.51. The van der Waals surface area contributed by atoms with Gasteiger partial charge in [-0.25, -0.2) is 14.6 Å². The Kier molecular flexibility index (Phi) is 4.38. The molecule has 3 heterocycles. The number of aromatic nitrogens is 4. The fraction of sp³-hybridized carbons (Fsp3) is 0.143. The summed E-state index contributed by atoms with van der Waals surface area (Å²) in [5.74, 6) is 0.270. The van der Waals surface area contributed by atoms with Crippen molar-refractivity contribution in [3.63, 3.8) is 0 Å². The molecule has 27 heavy (non-hydrogen) atoms. The fourth-order valence-corrected chi connectivity index (χ4v) is 2.96. The molecule has 0 spiro atoms. The van der Waals surface area contributed by atoms with E-state index in [9.17, 15) is 4.79 Å². The number of nitrogens with zero attached hydrogens (tertiary/aromatic N) is 4. The van der Waals surface area contributed by atoms with Gasteiger partial charge in [0.15, 0.2) is 5.65 Å². The van der Waals surface area contributed by atoms with Crippen LogP contribution in [-0.4, -0.2) is 25.7 Å². The molecule has 0 fully saturated rings. The largest absolute Gasteiger partial charge is 0.307 e. The number of anilines is 1. The van der Waals surface area contributed by atoms with Crippen molar-refractivity contribution in [1.82, 2.24) is 19.7 Å². The standard InChI is InChI=1S/C21H19N5O/c1-14(2)26-20-17(13-23-26)16(21(27)25-19-10-6-7-11-22-19)12-18(24-20)15-8-4-3-5-9-15/h3-14H,1-2H3,(H,22,25,27). The maximum Gasteiger partial charge on any atom is 0.257 e. The number of hydrogen-bond acceptors (Lipinski definition) is 4.